The third-order valence-corrected chi connectivity index (χ3v) is 3.64. The number of carbonyl (C=O) groups excluding carboxylic acids is 1. The highest BCUT2D eigenvalue weighted by Crippen LogP contribution is 2.12. The Morgan fingerprint density at radius 3 is 2.55 bits per heavy atom. The molecule has 0 fully saturated rings. The average molecular weight is 297 g/mol. The van der Waals surface area contributed by atoms with Gasteiger partial charge in [0.15, 0.2) is 0 Å². The van der Waals surface area contributed by atoms with Crippen molar-refractivity contribution in [3.63, 3.8) is 0 Å². The summed E-state index contributed by atoms with van der Waals surface area (Å²) < 4.78 is 0. The molecule has 0 bridgehead atoms. The van der Waals surface area contributed by atoms with Gasteiger partial charge < -0.3 is 10.2 Å². The fourth-order valence-corrected chi connectivity index (χ4v) is 2.39. The van der Waals surface area contributed by atoms with Crippen LogP contribution in [0.15, 0.2) is 42.6 Å². The molecule has 4 heteroatoms. The van der Waals surface area contributed by atoms with Gasteiger partial charge >= 0.3 is 0 Å². The van der Waals surface area contributed by atoms with Crippen LogP contribution in [0.3, 0.4) is 0 Å². The molecule has 0 aliphatic carbocycles. The molecular formula is C18H23N3O. The molecule has 1 aromatic carbocycles. The van der Waals surface area contributed by atoms with E-state index < -0.39 is 0 Å². The normalized spacial score (nSPS) is 10.3. The van der Waals surface area contributed by atoms with Crippen LogP contribution in [-0.4, -0.2) is 24.0 Å². The first-order valence-electron chi connectivity index (χ1n) is 7.68. The minimum Gasteiger partial charge on any atom is -0.371 e. The zero-order chi connectivity index (χ0) is 15.9. The fourth-order valence-electron chi connectivity index (χ4n) is 2.39. The van der Waals surface area contributed by atoms with Gasteiger partial charge in [-0.3, -0.25) is 4.79 Å². The summed E-state index contributed by atoms with van der Waals surface area (Å²) in [6.07, 6.45) is 1.76. The smallest absolute Gasteiger partial charge is 0.270 e. The highest BCUT2D eigenvalue weighted by molar-refractivity contribution is 5.92. The Morgan fingerprint density at radius 2 is 1.95 bits per heavy atom. The second kappa shape index (κ2) is 7.59. The molecule has 0 aliphatic heterocycles. The highest BCUT2D eigenvalue weighted by atomic mass is 16.1. The molecule has 1 N–H and O–H groups in total. The van der Waals surface area contributed by atoms with Crippen molar-refractivity contribution in [2.24, 2.45) is 0 Å². The Hall–Kier alpha value is -2.36. The number of rotatable bonds is 6. The van der Waals surface area contributed by atoms with Crippen LogP contribution in [0, 0.1) is 6.92 Å². The van der Waals surface area contributed by atoms with Gasteiger partial charge in [-0.2, -0.15) is 0 Å². The van der Waals surface area contributed by atoms with Gasteiger partial charge in [-0.25, -0.2) is 4.98 Å². The number of amides is 1. The van der Waals surface area contributed by atoms with Crippen molar-refractivity contribution >= 4 is 11.6 Å². The topological polar surface area (TPSA) is 45.2 Å². The maximum absolute atomic E-state index is 12.1. The maximum Gasteiger partial charge on any atom is 0.270 e. The molecule has 1 amide bonds. The zero-order valence-corrected chi connectivity index (χ0v) is 13.5. The molecule has 0 radical (unpaired) electrons. The summed E-state index contributed by atoms with van der Waals surface area (Å²) in [4.78, 5) is 18.6. The van der Waals surface area contributed by atoms with E-state index >= 15 is 0 Å². The maximum atomic E-state index is 12.1. The summed E-state index contributed by atoms with van der Waals surface area (Å²) in [6, 6.07) is 11.8. The number of carbonyl (C=O) groups is 1. The quantitative estimate of drug-likeness (QED) is 0.891. The number of aromatic nitrogens is 1. The van der Waals surface area contributed by atoms with E-state index in [0.717, 1.165) is 24.3 Å². The molecule has 1 heterocycles. The molecular weight excluding hydrogens is 274 g/mol. The monoisotopic (exact) mass is 297 g/mol. The lowest BCUT2D eigenvalue weighted by atomic mass is 10.1. The number of nitrogens with one attached hydrogen (secondary N) is 1. The van der Waals surface area contributed by atoms with E-state index in [0.29, 0.717) is 12.2 Å². The van der Waals surface area contributed by atoms with Crippen LogP contribution in [0.2, 0.25) is 0 Å². The second-order valence-electron chi connectivity index (χ2n) is 5.25. The third kappa shape index (κ3) is 4.07. The molecule has 0 saturated carbocycles. The summed E-state index contributed by atoms with van der Waals surface area (Å²) in [5.41, 5.74) is 3.77. The van der Waals surface area contributed by atoms with Gasteiger partial charge in [0.1, 0.15) is 5.69 Å². The van der Waals surface area contributed by atoms with Gasteiger partial charge in [0, 0.05) is 19.6 Å². The van der Waals surface area contributed by atoms with Crippen LogP contribution in [0.25, 0.3) is 0 Å². The lowest BCUT2D eigenvalue weighted by molar-refractivity contribution is 0.0946. The van der Waals surface area contributed by atoms with E-state index in [-0.39, 0.29) is 5.91 Å². The molecule has 2 aromatic rings. The molecule has 0 unspecified atom stereocenters. The molecule has 0 atom stereocenters. The van der Waals surface area contributed by atoms with Crippen molar-refractivity contribution in [1.82, 2.24) is 10.3 Å². The minimum absolute atomic E-state index is 0.146. The Kier molecular flexibility index (Phi) is 5.53. The van der Waals surface area contributed by atoms with Crippen molar-refractivity contribution in [1.29, 1.82) is 0 Å². The van der Waals surface area contributed by atoms with Crippen molar-refractivity contribution in [3.8, 4) is 0 Å². The number of anilines is 1. The standard InChI is InChI=1S/C18H23N3O/c1-4-21(5-2)16-9-10-17(19-13-16)18(22)20-12-15-8-6-7-14(3)11-15/h6-11,13H,4-5,12H2,1-3H3,(H,20,22). The largest absolute Gasteiger partial charge is 0.371 e. The van der Waals surface area contributed by atoms with Crippen molar-refractivity contribution in [3.05, 3.63) is 59.4 Å². The van der Waals surface area contributed by atoms with Gasteiger partial charge in [0.25, 0.3) is 5.91 Å². The number of aryl methyl sites for hydroxylation is 1. The van der Waals surface area contributed by atoms with E-state index in [1.165, 1.54) is 5.56 Å². The van der Waals surface area contributed by atoms with Gasteiger partial charge in [-0.05, 0) is 38.5 Å². The number of pyridine rings is 1. The number of benzene rings is 1. The first kappa shape index (κ1) is 16.0. The summed E-state index contributed by atoms with van der Waals surface area (Å²) in [5, 5.41) is 2.90. The molecule has 4 nitrogen and oxygen atoms in total. The van der Waals surface area contributed by atoms with Crippen LogP contribution in [-0.2, 0) is 6.54 Å². The van der Waals surface area contributed by atoms with E-state index in [2.05, 4.69) is 35.1 Å². The van der Waals surface area contributed by atoms with Crippen LogP contribution >= 0.6 is 0 Å². The summed E-state index contributed by atoms with van der Waals surface area (Å²) in [5.74, 6) is -0.146. The number of hydrogen-bond acceptors (Lipinski definition) is 3. The van der Waals surface area contributed by atoms with Crippen LogP contribution in [0.1, 0.15) is 35.5 Å². The molecule has 116 valence electrons. The average Bonchev–Trinajstić information content (AvgIpc) is 2.54. The molecule has 0 saturated heterocycles. The van der Waals surface area contributed by atoms with E-state index in [4.69, 9.17) is 0 Å². The van der Waals surface area contributed by atoms with E-state index in [1.54, 1.807) is 12.3 Å². The van der Waals surface area contributed by atoms with Gasteiger partial charge in [0.05, 0.1) is 11.9 Å². The lowest BCUT2D eigenvalue weighted by Crippen LogP contribution is -2.25. The predicted octanol–water partition coefficient (Wildman–Crippen LogP) is 3.17. The third-order valence-electron chi connectivity index (χ3n) is 3.64. The second-order valence-corrected chi connectivity index (χ2v) is 5.25. The molecule has 0 aliphatic rings. The Balaban J connectivity index is 1.98. The Labute approximate surface area is 132 Å². The Morgan fingerprint density at radius 1 is 1.18 bits per heavy atom. The first-order chi connectivity index (χ1) is 10.6. The molecule has 2 rings (SSSR count). The zero-order valence-electron chi connectivity index (χ0n) is 13.5. The Bertz CT molecular complexity index is 618. The number of nitrogens with zero attached hydrogens (tertiary/aromatic N) is 2. The molecule has 1 aromatic heterocycles. The fraction of sp³-hybridized carbons (Fsp3) is 0.333. The van der Waals surface area contributed by atoms with E-state index in [1.807, 2.05) is 31.2 Å². The number of hydrogen-bond donors (Lipinski definition) is 1. The van der Waals surface area contributed by atoms with Crippen LogP contribution in [0.4, 0.5) is 5.69 Å². The van der Waals surface area contributed by atoms with Crippen molar-refractivity contribution in [2.45, 2.75) is 27.3 Å². The molecule has 0 spiro atoms. The SMILES string of the molecule is CCN(CC)c1ccc(C(=O)NCc2cccc(C)c2)nc1. The summed E-state index contributed by atoms with van der Waals surface area (Å²) in [7, 11) is 0. The van der Waals surface area contributed by atoms with Gasteiger partial charge in [-0.15, -0.1) is 0 Å². The van der Waals surface area contributed by atoms with Gasteiger partial charge in [-0.1, -0.05) is 29.8 Å². The van der Waals surface area contributed by atoms with E-state index in [9.17, 15) is 4.79 Å². The van der Waals surface area contributed by atoms with Crippen LogP contribution < -0.4 is 10.2 Å². The highest BCUT2D eigenvalue weighted by Gasteiger charge is 2.08. The van der Waals surface area contributed by atoms with Crippen LogP contribution in [0.5, 0.6) is 0 Å². The predicted molar refractivity (Wildman–Crippen MR) is 90.1 cm³/mol. The summed E-state index contributed by atoms with van der Waals surface area (Å²) in [6.45, 7) is 8.62. The lowest BCUT2D eigenvalue weighted by Gasteiger charge is -2.20. The first-order valence-corrected chi connectivity index (χ1v) is 7.68. The molecule has 22 heavy (non-hydrogen) atoms. The minimum atomic E-state index is -0.146. The van der Waals surface area contributed by atoms with Crippen molar-refractivity contribution in [2.75, 3.05) is 18.0 Å². The van der Waals surface area contributed by atoms with Crippen molar-refractivity contribution < 1.29 is 4.79 Å². The van der Waals surface area contributed by atoms with Gasteiger partial charge in [0.2, 0.25) is 0 Å². The summed E-state index contributed by atoms with van der Waals surface area (Å²) >= 11 is 0.